The monoisotopic (exact) mass is 1290 g/mol. The molecule has 0 radical (unpaired) electrons. The first-order chi connectivity index (χ1) is 42.7. The van der Waals surface area contributed by atoms with Gasteiger partial charge in [-0.25, -0.2) is 0 Å². The van der Waals surface area contributed by atoms with E-state index >= 15 is 4.79 Å². The molecular formula is C58H92N14O19. The van der Waals surface area contributed by atoms with Gasteiger partial charge >= 0.3 is 17.9 Å². The number of rotatable bonds is 22. The van der Waals surface area contributed by atoms with Crippen LogP contribution in [0, 0.1) is 17.8 Å². The van der Waals surface area contributed by atoms with Crippen molar-refractivity contribution in [3.63, 3.8) is 0 Å². The number of nitrogens with one attached hydrogen (secondary N) is 10. The maximum atomic E-state index is 15.2. The number of carbonyl (C=O) groups is 16. The van der Waals surface area contributed by atoms with Crippen molar-refractivity contribution in [2.45, 2.75) is 211 Å². The lowest BCUT2D eigenvalue weighted by molar-refractivity contribution is -0.149. The molecule has 3 aliphatic heterocycles. The van der Waals surface area contributed by atoms with Crippen molar-refractivity contribution in [1.29, 1.82) is 0 Å². The quantitative estimate of drug-likeness (QED) is 0.0363. The molecule has 3 rings (SSSR count). The standard InChI is InChI=1S/C58H92N14O19/c1-29(2)18-13-11-9-8-10-12-14-21-40(74)64-34(24-39(60)73)51(83)70-48-33(7)63-52(84)38-20-17-23-72(38)56(88)45(30(3)4)68-55(87)47(32(6)59)67-42(76)28-62-49(81)35(25-43(77)78)65-41(75)27-61-50(82)36(26-44(79)80)66-54(86)46(31(5)58(90)91)69-53(85)37-19-15-16-22-71(37)57(48)89/h12,14,29-38,45-48H,8-11,13,15-28,59H2,1-7H3,(H2,60,73)(H,61,82)(H,62,81)(H,63,84)(H,64,74)(H,65,75)(H,66,86)(H,67,76)(H,68,87)(H,69,85)(H,70,83)(H,77,78)(H,79,80)(H,90,91)/b14-12-/t31-,32+,33+,34-,35-,36-,37+,38?,45-,46-,47+,48-/m0/s1. The zero-order valence-corrected chi connectivity index (χ0v) is 52.6. The predicted octanol–water partition coefficient (Wildman–Crippen LogP) is -4.01. The molecule has 33 nitrogen and oxygen atoms in total. The van der Waals surface area contributed by atoms with E-state index in [1.807, 2.05) is 10.6 Å². The summed E-state index contributed by atoms with van der Waals surface area (Å²) in [5, 5.41) is 52.5. The number of fused-ring (bicyclic) bond motifs is 2. The molecule has 13 amide bonds. The molecule has 0 aliphatic carbocycles. The second-order valence-electron chi connectivity index (χ2n) is 23.9. The number of hydrogen-bond acceptors (Lipinski definition) is 17. The number of amides is 13. The van der Waals surface area contributed by atoms with Gasteiger partial charge in [0.25, 0.3) is 0 Å². The fourth-order valence-corrected chi connectivity index (χ4v) is 10.4. The average Bonchev–Trinajstić information content (AvgIpc) is 1.87. The van der Waals surface area contributed by atoms with Crippen LogP contribution in [0.1, 0.15) is 145 Å². The Balaban J connectivity index is 2.17. The Morgan fingerprint density at radius 1 is 0.604 bits per heavy atom. The molecule has 508 valence electrons. The van der Waals surface area contributed by atoms with Crippen molar-refractivity contribution in [2.75, 3.05) is 26.2 Å². The molecule has 0 aromatic heterocycles. The molecule has 3 fully saturated rings. The minimum Gasteiger partial charge on any atom is -0.481 e. The molecule has 1 unspecified atom stereocenters. The van der Waals surface area contributed by atoms with Gasteiger partial charge < -0.3 is 89.8 Å². The SMILES string of the molecule is CC(C)CCCCCC/C=C\CC(=O)N[C@@H](CC(N)=O)C(=O)N[C@@H]1C(=O)N2CCCC[C@@H]2C(=O)N[C@@H]([C@H](C)C(=O)O)C(=O)N[C@@H](CC(=O)O)C(=O)NCC(=O)N[C@@H](CC(=O)O)C(=O)NCC(=O)N[C@H]([C@@H](C)N)C(=O)N[C@@H](C(C)C)C(=O)N2CCCC2C(=O)N[C@@H]1C. The highest BCUT2D eigenvalue weighted by molar-refractivity contribution is 6.01. The maximum Gasteiger partial charge on any atom is 0.308 e. The number of allylic oxidation sites excluding steroid dienone is 1. The summed E-state index contributed by atoms with van der Waals surface area (Å²) < 4.78 is 0. The highest BCUT2D eigenvalue weighted by Gasteiger charge is 2.45. The van der Waals surface area contributed by atoms with Crippen LogP contribution in [-0.2, 0) is 76.7 Å². The zero-order valence-electron chi connectivity index (χ0n) is 52.6. The third kappa shape index (κ3) is 25.2. The zero-order chi connectivity index (χ0) is 68.4. The van der Waals surface area contributed by atoms with E-state index in [-0.39, 0.29) is 51.6 Å². The Bertz CT molecular complexity index is 2710. The summed E-state index contributed by atoms with van der Waals surface area (Å²) in [6.45, 7) is 8.76. The first kappa shape index (κ1) is 76.5. The topological polar surface area (TPSA) is 513 Å². The first-order valence-electron chi connectivity index (χ1n) is 30.7. The van der Waals surface area contributed by atoms with E-state index in [9.17, 15) is 87.2 Å². The van der Waals surface area contributed by atoms with E-state index in [1.54, 1.807) is 26.0 Å². The first-order valence-corrected chi connectivity index (χ1v) is 30.7. The number of primary amides is 1. The van der Waals surface area contributed by atoms with E-state index in [0.717, 1.165) is 43.9 Å². The van der Waals surface area contributed by atoms with Gasteiger partial charge in [0.2, 0.25) is 76.8 Å². The van der Waals surface area contributed by atoms with Crippen molar-refractivity contribution < 1.29 is 92.0 Å². The maximum absolute atomic E-state index is 15.2. The van der Waals surface area contributed by atoms with E-state index in [2.05, 4.69) is 56.4 Å². The highest BCUT2D eigenvalue weighted by Crippen LogP contribution is 2.24. The Kier molecular flexibility index (Phi) is 31.4. The third-order valence-corrected chi connectivity index (χ3v) is 15.5. The van der Waals surface area contributed by atoms with Gasteiger partial charge in [0.1, 0.15) is 54.4 Å². The number of hydrogen-bond donors (Lipinski definition) is 15. The van der Waals surface area contributed by atoms with E-state index in [1.165, 1.54) is 18.7 Å². The van der Waals surface area contributed by atoms with Crippen molar-refractivity contribution in [3.8, 4) is 0 Å². The van der Waals surface area contributed by atoms with Gasteiger partial charge in [0, 0.05) is 25.6 Å². The summed E-state index contributed by atoms with van der Waals surface area (Å²) in [6, 6.07) is -18.3. The fourth-order valence-electron chi connectivity index (χ4n) is 10.4. The minimum absolute atomic E-state index is 0.0286. The van der Waals surface area contributed by atoms with Crippen LogP contribution < -0.4 is 64.6 Å². The Hall–Kier alpha value is -8.78. The lowest BCUT2D eigenvalue weighted by Crippen LogP contribution is -2.66. The second-order valence-corrected chi connectivity index (χ2v) is 23.9. The predicted molar refractivity (Wildman–Crippen MR) is 321 cm³/mol. The Morgan fingerprint density at radius 3 is 1.69 bits per heavy atom. The molecule has 3 aliphatic rings. The van der Waals surface area contributed by atoms with Crippen LogP contribution in [0.2, 0.25) is 0 Å². The third-order valence-electron chi connectivity index (χ3n) is 15.5. The van der Waals surface area contributed by atoms with Crippen molar-refractivity contribution in [1.82, 2.24) is 63.0 Å². The molecule has 0 saturated carbocycles. The van der Waals surface area contributed by atoms with Crippen LogP contribution in [-0.4, -0.2) is 212 Å². The van der Waals surface area contributed by atoms with Crippen LogP contribution in [0.4, 0.5) is 0 Å². The van der Waals surface area contributed by atoms with Gasteiger partial charge in [-0.1, -0.05) is 65.5 Å². The van der Waals surface area contributed by atoms with Gasteiger partial charge in [-0.2, -0.15) is 0 Å². The molecule has 12 atom stereocenters. The summed E-state index contributed by atoms with van der Waals surface area (Å²) in [7, 11) is 0. The lowest BCUT2D eigenvalue weighted by atomic mass is 9.96. The number of carboxylic acid groups (broad SMARTS) is 3. The number of carbonyl (C=O) groups excluding carboxylic acids is 13. The summed E-state index contributed by atoms with van der Waals surface area (Å²) in [6.07, 6.45) is 6.48. The van der Waals surface area contributed by atoms with E-state index in [0.29, 0.717) is 12.3 Å². The van der Waals surface area contributed by atoms with Crippen LogP contribution in [0.3, 0.4) is 0 Å². The van der Waals surface area contributed by atoms with Crippen LogP contribution in [0.25, 0.3) is 0 Å². The smallest absolute Gasteiger partial charge is 0.308 e. The second kappa shape index (κ2) is 37.4. The Morgan fingerprint density at radius 2 is 1.13 bits per heavy atom. The van der Waals surface area contributed by atoms with Crippen LogP contribution in [0.5, 0.6) is 0 Å². The molecule has 0 aromatic carbocycles. The van der Waals surface area contributed by atoms with Gasteiger partial charge in [-0.3, -0.25) is 76.7 Å². The number of piperidine rings is 1. The number of carboxylic acids is 3. The Labute approximate surface area is 526 Å². The molecular weight excluding hydrogens is 1200 g/mol. The lowest BCUT2D eigenvalue weighted by Gasteiger charge is -2.39. The van der Waals surface area contributed by atoms with Crippen molar-refractivity contribution in [2.24, 2.45) is 29.2 Å². The number of nitrogens with two attached hydrogens (primary N) is 2. The summed E-state index contributed by atoms with van der Waals surface area (Å²) >= 11 is 0. The summed E-state index contributed by atoms with van der Waals surface area (Å²) in [4.78, 5) is 219. The van der Waals surface area contributed by atoms with Gasteiger partial charge in [-0.15, -0.1) is 0 Å². The van der Waals surface area contributed by atoms with Crippen LogP contribution >= 0.6 is 0 Å². The molecule has 3 saturated heterocycles. The van der Waals surface area contributed by atoms with Crippen molar-refractivity contribution in [3.05, 3.63) is 12.2 Å². The fraction of sp³-hybridized carbons (Fsp3) is 0.690. The summed E-state index contributed by atoms with van der Waals surface area (Å²) in [5.41, 5.74) is 11.7. The molecule has 0 aromatic rings. The van der Waals surface area contributed by atoms with Gasteiger partial charge in [-0.05, 0) is 77.6 Å². The normalized spacial score (nSPS) is 25.3. The highest BCUT2D eigenvalue weighted by atomic mass is 16.4. The molecule has 33 heteroatoms. The summed E-state index contributed by atoms with van der Waals surface area (Å²) in [5.74, 6) is -21.1. The average molecular weight is 1290 g/mol. The van der Waals surface area contributed by atoms with Crippen molar-refractivity contribution >= 4 is 94.7 Å². The molecule has 0 bridgehead atoms. The molecule has 3 heterocycles. The number of aliphatic carboxylic acids is 3. The van der Waals surface area contributed by atoms with E-state index < -0.39 is 205 Å². The molecule has 17 N–H and O–H groups in total. The largest absolute Gasteiger partial charge is 0.481 e. The minimum atomic E-state index is -2.13. The van der Waals surface area contributed by atoms with E-state index in [4.69, 9.17) is 11.5 Å². The number of unbranched alkanes of at least 4 members (excludes halogenated alkanes) is 4. The molecule has 0 spiro atoms. The molecule has 91 heavy (non-hydrogen) atoms. The van der Waals surface area contributed by atoms with Crippen LogP contribution in [0.15, 0.2) is 12.2 Å². The van der Waals surface area contributed by atoms with Gasteiger partial charge in [0.15, 0.2) is 0 Å². The number of nitrogens with zero attached hydrogens (tertiary/aromatic N) is 2. The van der Waals surface area contributed by atoms with Gasteiger partial charge in [0.05, 0.1) is 44.3 Å².